The maximum absolute atomic E-state index is 12.0. The summed E-state index contributed by atoms with van der Waals surface area (Å²) in [6.45, 7) is 5.99. The normalized spacial score (nSPS) is 16.0. The van der Waals surface area contributed by atoms with E-state index in [1.54, 1.807) is 23.5 Å². The van der Waals surface area contributed by atoms with E-state index in [2.05, 4.69) is 28.6 Å². The van der Waals surface area contributed by atoms with Crippen LogP contribution in [0.1, 0.15) is 154 Å². The van der Waals surface area contributed by atoms with Crippen molar-refractivity contribution in [2.75, 3.05) is 13.2 Å². The van der Waals surface area contributed by atoms with E-state index in [0.29, 0.717) is 19.6 Å². The van der Waals surface area contributed by atoms with E-state index in [4.69, 9.17) is 14.2 Å². The lowest BCUT2D eigenvalue weighted by Crippen LogP contribution is -2.29. The van der Waals surface area contributed by atoms with Gasteiger partial charge in [-0.25, -0.2) is 8.42 Å². The molecule has 1 aliphatic rings. The molecule has 1 aromatic heterocycles. The van der Waals surface area contributed by atoms with Crippen molar-refractivity contribution in [3.63, 3.8) is 0 Å². The minimum absolute atomic E-state index is 0.107. The molecule has 1 saturated heterocycles. The summed E-state index contributed by atoms with van der Waals surface area (Å²) >= 11 is 1.71. The van der Waals surface area contributed by atoms with Gasteiger partial charge in [0.1, 0.15) is 29.4 Å². The number of esters is 1. The third-order valence-electron chi connectivity index (χ3n) is 8.92. The average Bonchev–Trinajstić information content (AvgIpc) is 3.78. The van der Waals surface area contributed by atoms with Gasteiger partial charge < -0.3 is 18.8 Å². The zero-order chi connectivity index (χ0) is 35.4. The number of nitrogens with zero attached hydrogens (tertiary/aromatic N) is 1. The summed E-state index contributed by atoms with van der Waals surface area (Å²) in [7, 11) is -4.27. The van der Waals surface area contributed by atoms with Crippen LogP contribution in [0.2, 0.25) is 0 Å². The van der Waals surface area contributed by atoms with Crippen LogP contribution in [0.25, 0.3) is 0 Å². The monoisotopic (exact) mass is 723 g/mol. The standard InChI is InChI=1S/C32H58NO4S.C7H8O3S/c1-2-3-4-5-6-7-8-9-10-11-12-13-14-15-16-17-20-23-32-36-28-30(37-32)27-35-31(34)22-19-18-21-24-33-25-26-38-29-33;1-6-2-4-7(5-3-6)11(8,9)10/h25-26,29-30,32H,2-24,27-28H2,1H3;2-5H,1H3,(H,8,9,10)/q+1;/p-1/t30-,32-;/m1./s1. The number of hydrogen-bond acceptors (Lipinski definition) is 8. The molecule has 0 bridgehead atoms. The van der Waals surface area contributed by atoms with Gasteiger partial charge in [0.05, 0.1) is 16.9 Å². The minimum atomic E-state index is -4.27. The van der Waals surface area contributed by atoms with Crippen molar-refractivity contribution in [3.8, 4) is 0 Å². The lowest BCUT2D eigenvalue weighted by Gasteiger charge is -2.12. The largest absolute Gasteiger partial charge is 0.744 e. The average molecular weight is 724 g/mol. The lowest BCUT2D eigenvalue weighted by atomic mass is 10.0. The molecule has 8 nitrogen and oxygen atoms in total. The molecular weight excluding hydrogens is 659 g/mol. The first kappa shape index (κ1) is 43.3. The summed E-state index contributed by atoms with van der Waals surface area (Å²) in [5, 5.41) is 2.08. The van der Waals surface area contributed by atoms with Gasteiger partial charge in [-0.05, 0) is 44.7 Å². The predicted octanol–water partition coefficient (Wildman–Crippen LogP) is 9.82. The van der Waals surface area contributed by atoms with Gasteiger partial charge in [0.15, 0.2) is 12.5 Å². The second kappa shape index (κ2) is 27.8. The van der Waals surface area contributed by atoms with Gasteiger partial charge in [-0.15, -0.1) is 0 Å². The highest BCUT2D eigenvalue weighted by Crippen LogP contribution is 2.19. The highest BCUT2D eigenvalue weighted by molar-refractivity contribution is 7.85. The van der Waals surface area contributed by atoms with Crippen molar-refractivity contribution in [1.29, 1.82) is 0 Å². The van der Waals surface area contributed by atoms with E-state index in [-0.39, 0.29) is 23.3 Å². The molecule has 0 aliphatic carbocycles. The number of ether oxygens (including phenoxy) is 3. The van der Waals surface area contributed by atoms with Crippen molar-refractivity contribution < 1.29 is 36.5 Å². The summed E-state index contributed by atoms with van der Waals surface area (Å²) in [6, 6.07) is 5.78. The Balaban J connectivity index is 0.000000639. The first-order chi connectivity index (χ1) is 23.8. The van der Waals surface area contributed by atoms with Crippen LogP contribution in [0.5, 0.6) is 0 Å². The number of carbonyl (C=O) groups excluding carboxylic acids is 1. The van der Waals surface area contributed by atoms with Crippen LogP contribution in [-0.4, -0.2) is 44.5 Å². The van der Waals surface area contributed by atoms with Gasteiger partial charge in [0, 0.05) is 12.8 Å². The number of thiazole rings is 1. The summed E-state index contributed by atoms with van der Waals surface area (Å²) in [5.41, 5.74) is 3.05. The molecule has 280 valence electrons. The number of aromatic nitrogens is 1. The van der Waals surface area contributed by atoms with Gasteiger partial charge in [-0.2, -0.15) is 4.57 Å². The molecule has 0 spiro atoms. The highest BCUT2D eigenvalue weighted by Gasteiger charge is 2.26. The molecule has 1 fully saturated rings. The van der Waals surface area contributed by atoms with Gasteiger partial charge in [0.2, 0.25) is 5.51 Å². The molecule has 49 heavy (non-hydrogen) atoms. The number of unbranched alkanes of at least 4 members (excludes halogenated alkanes) is 18. The first-order valence-electron chi connectivity index (χ1n) is 19.1. The van der Waals surface area contributed by atoms with E-state index in [1.807, 2.05) is 6.92 Å². The van der Waals surface area contributed by atoms with Gasteiger partial charge in [-0.1, -0.05) is 139 Å². The van der Waals surface area contributed by atoms with Gasteiger partial charge in [-0.3, -0.25) is 4.79 Å². The van der Waals surface area contributed by atoms with Crippen molar-refractivity contribution in [1.82, 2.24) is 0 Å². The molecule has 0 amide bonds. The molecule has 2 heterocycles. The molecule has 3 rings (SSSR count). The Hall–Kier alpha value is -1.85. The summed E-state index contributed by atoms with van der Waals surface area (Å²) in [4.78, 5) is 11.8. The van der Waals surface area contributed by atoms with E-state index in [9.17, 15) is 17.8 Å². The molecule has 10 heteroatoms. The summed E-state index contributed by atoms with van der Waals surface area (Å²) < 4.78 is 50.5. The van der Waals surface area contributed by atoms with Gasteiger partial charge in [0.25, 0.3) is 0 Å². The van der Waals surface area contributed by atoms with Crippen LogP contribution in [0.4, 0.5) is 0 Å². The van der Waals surface area contributed by atoms with E-state index in [1.165, 1.54) is 115 Å². The highest BCUT2D eigenvalue weighted by atomic mass is 32.2. The molecule has 2 atom stereocenters. The summed E-state index contributed by atoms with van der Waals surface area (Å²) in [5.74, 6) is -0.117. The number of carbonyl (C=O) groups is 1. The Labute approximate surface area is 302 Å². The molecule has 1 aromatic carbocycles. The fraction of sp³-hybridized carbons (Fsp3) is 0.744. The quantitative estimate of drug-likeness (QED) is 0.0391. The van der Waals surface area contributed by atoms with E-state index < -0.39 is 10.1 Å². The van der Waals surface area contributed by atoms with Crippen molar-refractivity contribution >= 4 is 27.4 Å². The van der Waals surface area contributed by atoms with Crippen LogP contribution in [0.15, 0.2) is 46.2 Å². The van der Waals surface area contributed by atoms with Crippen LogP contribution in [0, 0.1) is 6.92 Å². The van der Waals surface area contributed by atoms with Crippen molar-refractivity contribution in [3.05, 3.63) is 46.9 Å². The Morgan fingerprint density at radius 1 is 0.837 bits per heavy atom. The fourth-order valence-electron chi connectivity index (χ4n) is 5.87. The Morgan fingerprint density at radius 2 is 1.39 bits per heavy atom. The summed E-state index contributed by atoms with van der Waals surface area (Å²) in [6.07, 6.45) is 29.9. The molecule has 0 unspecified atom stereocenters. The molecule has 1 aliphatic heterocycles. The first-order valence-corrected chi connectivity index (χ1v) is 21.5. The lowest BCUT2D eigenvalue weighted by molar-refractivity contribution is -0.692. The van der Waals surface area contributed by atoms with Gasteiger partial charge >= 0.3 is 5.97 Å². The number of aryl methyl sites for hydroxylation is 2. The Kier molecular flexibility index (Phi) is 24.6. The van der Waals surface area contributed by atoms with Crippen LogP contribution in [-0.2, 0) is 35.7 Å². The van der Waals surface area contributed by atoms with E-state index >= 15 is 0 Å². The maximum Gasteiger partial charge on any atom is 0.305 e. The smallest absolute Gasteiger partial charge is 0.305 e. The van der Waals surface area contributed by atoms with Crippen LogP contribution >= 0.6 is 11.3 Å². The third-order valence-corrected chi connectivity index (χ3v) is 10.4. The van der Waals surface area contributed by atoms with Crippen molar-refractivity contribution in [2.45, 2.75) is 179 Å². The molecule has 0 radical (unpaired) electrons. The third kappa shape index (κ3) is 23.3. The predicted molar refractivity (Wildman–Crippen MR) is 196 cm³/mol. The Bertz CT molecular complexity index is 1170. The zero-order valence-corrected chi connectivity index (χ0v) is 32.1. The number of benzene rings is 1. The zero-order valence-electron chi connectivity index (χ0n) is 30.5. The van der Waals surface area contributed by atoms with Crippen LogP contribution in [0.3, 0.4) is 0 Å². The van der Waals surface area contributed by atoms with Crippen molar-refractivity contribution in [2.24, 2.45) is 0 Å². The van der Waals surface area contributed by atoms with Crippen LogP contribution < -0.4 is 4.57 Å². The second-order valence-electron chi connectivity index (χ2n) is 13.5. The second-order valence-corrected chi connectivity index (χ2v) is 15.6. The molecule has 0 saturated carbocycles. The molecule has 0 N–H and O–H groups in total. The molecular formula is C39H65NO7S2. The fourth-order valence-corrected chi connectivity index (χ4v) is 6.97. The van der Waals surface area contributed by atoms with E-state index in [0.717, 1.165) is 44.2 Å². The molecule has 2 aromatic rings. The number of hydrogen-bond donors (Lipinski definition) is 0. The Morgan fingerprint density at radius 3 is 1.92 bits per heavy atom. The minimum Gasteiger partial charge on any atom is -0.744 e. The maximum atomic E-state index is 12.0. The topological polar surface area (TPSA) is 106 Å². The number of rotatable bonds is 27. The SMILES string of the molecule is CCCCCCCCCCCCCCCCCCC[C@@H]1OC[C@@H](COC(=O)CCCCC[n+]2ccsc2)O1.Cc1ccc(S(=O)(=O)[O-])cc1.